The van der Waals surface area contributed by atoms with Crippen LogP contribution in [0.25, 0.3) is 0 Å². The normalized spacial score (nSPS) is 15.8. The molecule has 1 amide bonds. The number of carbonyl (C=O) groups is 1. The first-order valence-electron chi connectivity index (χ1n) is 11.8. The summed E-state index contributed by atoms with van der Waals surface area (Å²) in [5.74, 6) is 1.50. The van der Waals surface area contributed by atoms with Gasteiger partial charge in [0, 0.05) is 16.5 Å². The highest BCUT2D eigenvalue weighted by Crippen LogP contribution is 2.22. The maximum atomic E-state index is 12.5. The fraction of sp³-hybridized carbons (Fsp3) is 0.370. The zero-order valence-electron chi connectivity index (χ0n) is 19.3. The van der Waals surface area contributed by atoms with Crippen molar-refractivity contribution in [3.05, 3.63) is 88.8 Å². The van der Waals surface area contributed by atoms with Gasteiger partial charge in [0.1, 0.15) is 5.76 Å². The fourth-order valence-corrected chi connectivity index (χ4v) is 5.68. The molecule has 0 bridgehead atoms. The molecule has 3 aromatic rings. The molecule has 1 aromatic heterocycles. The smallest absolute Gasteiger partial charge is 0.286 e. The number of hydrogen-bond acceptors (Lipinski definition) is 4. The molecule has 180 valence electrons. The molecule has 1 aliphatic heterocycles. The Morgan fingerprint density at radius 2 is 1.85 bits per heavy atom. The van der Waals surface area contributed by atoms with Crippen LogP contribution in [0, 0.1) is 5.92 Å². The van der Waals surface area contributed by atoms with E-state index in [0.29, 0.717) is 22.2 Å². The lowest BCUT2D eigenvalue weighted by molar-refractivity contribution is 0.0921. The standard InChI is InChI=1S/C27H31ClN2O3S/c28-23-8-4-9-25(19-23)34(32)20-24-10-11-26(33-24)27(31)29-14-5-15-30-16-12-22(13-17-30)18-21-6-2-1-3-7-21/h1-4,6-11,19,22H,5,12-18,20H2,(H,29,31)/t34-/m0/s1. The maximum Gasteiger partial charge on any atom is 0.286 e. The van der Waals surface area contributed by atoms with Gasteiger partial charge in [-0.1, -0.05) is 48.0 Å². The van der Waals surface area contributed by atoms with Gasteiger partial charge in [0.15, 0.2) is 5.76 Å². The van der Waals surface area contributed by atoms with E-state index in [4.69, 9.17) is 16.0 Å². The molecule has 1 fully saturated rings. The first-order chi connectivity index (χ1) is 16.6. The van der Waals surface area contributed by atoms with Crippen molar-refractivity contribution in [3.63, 3.8) is 0 Å². The molecule has 0 saturated carbocycles. The van der Waals surface area contributed by atoms with Gasteiger partial charge in [-0.25, -0.2) is 0 Å². The summed E-state index contributed by atoms with van der Waals surface area (Å²) in [6.45, 7) is 3.83. The van der Waals surface area contributed by atoms with E-state index in [1.54, 1.807) is 36.4 Å². The lowest BCUT2D eigenvalue weighted by Crippen LogP contribution is -2.36. The Morgan fingerprint density at radius 1 is 1.06 bits per heavy atom. The minimum absolute atomic E-state index is 0.202. The maximum absolute atomic E-state index is 12.5. The molecule has 5 nitrogen and oxygen atoms in total. The fourth-order valence-electron chi connectivity index (χ4n) is 4.35. The summed E-state index contributed by atoms with van der Waals surface area (Å²) in [6, 6.07) is 21.0. The number of hydrogen-bond donors (Lipinski definition) is 1. The zero-order chi connectivity index (χ0) is 23.8. The summed E-state index contributed by atoms with van der Waals surface area (Å²) in [7, 11) is -1.28. The molecule has 7 heteroatoms. The number of benzene rings is 2. The minimum atomic E-state index is -1.28. The second-order valence-corrected chi connectivity index (χ2v) is 10.7. The van der Waals surface area contributed by atoms with Crippen molar-refractivity contribution >= 4 is 28.3 Å². The molecule has 0 spiro atoms. The molecule has 1 saturated heterocycles. The van der Waals surface area contributed by atoms with Crippen LogP contribution in [-0.4, -0.2) is 41.2 Å². The predicted molar refractivity (Wildman–Crippen MR) is 137 cm³/mol. The van der Waals surface area contributed by atoms with Gasteiger partial charge in [-0.2, -0.15) is 0 Å². The number of piperidine rings is 1. The summed E-state index contributed by atoms with van der Waals surface area (Å²) in [4.78, 5) is 15.5. The van der Waals surface area contributed by atoms with Crippen LogP contribution in [0.4, 0.5) is 0 Å². The first kappa shape index (κ1) is 24.7. The van der Waals surface area contributed by atoms with E-state index in [-0.39, 0.29) is 17.4 Å². The van der Waals surface area contributed by atoms with Crippen molar-refractivity contribution < 1.29 is 13.4 Å². The van der Waals surface area contributed by atoms with E-state index in [1.807, 2.05) is 0 Å². The zero-order valence-corrected chi connectivity index (χ0v) is 20.8. The number of likely N-dealkylation sites (tertiary alicyclic amines) is 1. The largest absolute Gasteiger partial charge is 0.455 e. The lowest BCUT2D eigenvalue weighted by atomic mass is 9.90. The second-order valence-electron chi connectivity index (χ2n) is 8.80. The Bertz CT molecular complexity index is 1090. The predicted octanol–water partition coefficient (Wildman–Crippen LogP) is 5.32. The summed E-state index contributed by atoms with van der Waals surface area (Å²) in [5, 5.41) is 3.48. The molecule has 2 aromatic carbocycles. The summed E-state index contributed by atoms with van der Waals surface area (Å²) in [6.07, 6.45) is 4.53. The summed E-state index contributed by atoms with van der Waals surface area (Å²) in [5.41, 5.74) is 1.43. The van der Waals surface area contributed by atoms with Crippen LogP contribution in [-0.2, 0) is 23.0 Å². The minimum Gasteiger partial charge on any atom is -0.455 e. The molecule has 0 radical (unpaired) electrons. The van der Waals surface area contributed by atoms with Crippen molar-refractivity contribution in [1.82, 2.24) is 10.2 Å². The molecular formula is C27H31ClN2O3S. The molecule has 0 unspecified atom stereocenters. The highest BCUT2D eigenvalue weighted by molar-refractivity contribution is 7.84. The Morgan fingerprint density at radius 3 is 2.62 bits per heavy atom. The Kier molecular flexibility index (Phi) is 8.97. The van der Waals surface area contributed by atoms with Crippen LogP contribution in [0.15, 0.2) is 76.0 Å². The van der Waals surface area contributed by atoms with E-state index < -0.39 is 10.8 Å². The van der Waals surface area contributed by atoms with Gasteiger partial charge in [0.05, 0.1) is 16.6 Å². The van der Waals surface area contributed by atoms with Gasteiger partial charge in [-0.15, -0.1) is 0 Å². The number of carbonyl (C=O) groups excluding carboxylic acids is 1. The highest BCUT2D eigenvalue weighted by Gasteiger charge is 2.19. The molecule has 0 aliphatic carbocycles. The molecular weight excluding hydrogens is 468 g/mol. The van der Waals surface area contributed by atoms with Gasteiger partial charge in [-0.05, 0) is 87.1 Å². The van der Waals surface area contributed by atoms with Crippen LogP contribution in [0.5, 0.6) is 0 Å². The second kappa shape index (κ2) is 12.3. The van der Waals surface area contributed by atoms with Crippen molar-refractivity contribution in [2.45, 2.75) is 36.3 Å². The van der Waals surface area contributed by atoms with E-state index in [1.165, 1.54) is 24.8 Å². The molecule has 2 heterocycles. The molecule has 1 N–H and O–H groups in total. The van der Waals surface area contributed by atoms with Crippen LogP contribution in [0.2, 0.25) is 5.02 Å². The number of furan rings is 1. The van der Waals surface area contributed by atoms with Crippen molar-refractivity contribution in [2.75, 3.05) is 26.2 Å². The highest BCUT2D eigenvalue weighted by atomic mass is 35.5. The number of nitrogens with one attached hydrogen (secondary N) is 1. The van der Waals surface area contributed by atoms with Gasteiger partial charge in [-0.3, -0.25) is 9.00 Å². The van der Waals surface area contributed by atoms with Crippen LogP contribution in [0.1, 0.15) is 41.1 Å². The lowest BCUT2D eigenvalue weighted by Gasteiger charge is -2.32. The Hall–Kier alpha value is -2.41. The molecule has 1 atom stereocenters. The molecule has 1 aliphatic rings. The van der Waals surface area contributed by atoms with Crippen LogP contribution < -0.4 is 5.32 Å². The van der Waals surface area contributed by atoms with Gasteiger partial charge < -0.3 is 14.6 Å². The monoisotopic (exact) mass is 498 g/mol. The molecule has 4 rings (SSSR count). The third-order valence-electron chi connectivity index (χ3n) is 6.23. The number of amides is 1. The summed E-state index contributed by atoms with van der Waals surface area (Å²) < 4.78 is 18.1. The van der Waals surface area contributed by atoms with Gasteiger partial charge in [0.2, 0.25) is 0 Å². The average Bonchev–Trinajstić information content (AvgIpc) is 3.32. The van der Waals surface area contributed by atoms with Gasteiger partial charge in [0.25, 0.3) is 5.91 Å². The number of nitrogens with zero attached hydrogens (tertiary/aromatic N) is 1. The quantitative estimate of drug-likeness (QED) is 0.384. The Balaban J connectivity index is 1.13. The topological polar surface area (TPSA) is 62.6 Å². The average molecular weight is 499 g/mol. The third-order valence-corrected chi connectivity index (χ3v) is 7.79. The van der Waals surface area contributed by atoms with E-state index in [2.05, 4.69) is 40.5 Å². The van der Waals surface area contributed by atoms with Crippen molar-refractivity contribution in [3.8, 4) is 0 Å². The van der Waals surface area contributed by atoms with Crippen molar-refractivity contribution in [2.24, 2.45) is 5.92 Å². The van der Waals surface area contributed by atoms with Crippen molar-refractivity contribution in [1.29, 1.82) is 0 Å². The third kappa shape index (κ3) is 7.29. The SMILES string of the molecule is O=C(NCCCN1CCC(Cc2ccccc2)CC1)c1ccc(C[S@](=O)c2cccc(Cl)c2)o1. The van der Waals surface area contributed by atoms with E-state index >= 15 is 0 Å². The number of rotatable bonds is 10. The van der Waals surface area contributed by atoms with E-state index in [9.17, 15) is 9.00 Å². The van der Waals surface area contributed by atoms with Crippen LogP contribution in [0.3, 0.4) is 0 Å². The summed E-state index contributed by atoms with van der Waals surface area (Å²) >= 11 is 5.97. The van der Waals surface area contributed by atoms with Gasteiger partial charge >= 0.3 is 0 Å². The number of halogens is 1. The molecule has 34 heavy (non-hydrogen) atoms. The Labute approximate surface area is 208 Å². The van der Waals surface area contributed by atoms with Crippen LogP contribution >= 0.6 is 11.6 Å². The van der Waals surface area contributed by atoms with E-state index in [0.717, 1.165) is 32.0 Å². The first-order valence-corrected chi connectivity index (χ1v) is 13.5.